The highest BCUT2D eigenvalue weighted by atomic mass is 35.5. The van der Waals surface area contributed by atoms with Gasteiger partial charge in [0.2, 0.25) is 0 Å². The summed E-state index contributed by atoms with van der Waals surface area (Å²) in [5.41, 5.74) is 5.04. The van der Waals surface area contributed by atoms with Crippen molar-refractivity contribution < 1.29 is 4.79 Å². The number of amides is 1. The second-order valence-corrected chi connectivity index (χ2v) is 7.56. The molecule has 0 spiro atoms. The predicted molar refractivity (Wildman–Crippen MR) is 117 cm³/mol. The molecule has 0 aliphatic carbocycles. The lowest BCUT2D eigenvalue weighted by Crippen LogP contribution is -2.27. The van der Waals surface area contributed by atoms with Crippen LogP contribution in [0.15, 0.2) is 66.9 Å². The second-order valence-electron chi connectivity index (χ2n) is 7.15. The molecule has 6 nitrogen and oxygen atoms in total. The van der Waals surface area contributed by atoms with Crippen molar-refractivity contribution in [3.8, 4) is 11.4 Å². The summed E-state index contributed by atoms with van der Waals surface area (Å²) < 4.78 is 3.53. The summed E-state index contributed by atoms with van der Waals surface area (Å²) in [6, 6.07) is 19.1. The molecule has 152 valence electrons. The third-order valence-corrected chi connectivity index (χ3v) is 5.41. The number of aromatic nitrogens is 4. The van der Waals surface area contributed by atoms with E-state index >= 15 is 0 Å². The topological polar surface area (TPSA) is 56.0 Å². The molecule has 2 aromatic carbocycles. The van der Waals surface area contributed by atoms with Gasteiger partial charge < -0.3 is 4.90 Å². The standard InChI is InChI=1S/C23H22ClN5O/c1-16-19(17(2)29(25-16)18-9-5-4-6-10-18)15-27(3)23(30)21-13-14-28(26-21)22-12-8-7-11-20(22)24/h4-14H,15H2,1-3H3. The van der Waals surface area contributed by atoms with Gasteiger partial charge in [-0.1, -0.05) is 41.9 Å². The summed E-state index contributed by atoms with van der Waals surface area (Å²) in [6.07, 6.45) is 1.74. The summed E-state index contributed by atoms with van der Waals surface area (Å²) >= 11 is 6.24. The van der Waals surface area contributed by atoms with Crippen molar-refractivity contribution in [3.63, 3.8) is 0 Å². The summed E-state index contributed by atoms with van der Waals surface area (Å²) in [7, 11) is 1.77. The van der Waals surface area contributed by atoms with Crippen LogP contribution in [0.3, 0.4) is 0 Å². The molecule has 0 atom stereocenters. The molecule has 0 radical (unpaired) electrons. The van der Waals surface area contributed by atoms with Crippen molar-refractivity contribution in [2.75, 3.05) is 7.05 Å². The lowest BCUT2D eigenvalue weighted by molar-refractivity contribution is 0.0778. The van der Waals surface area contributed by atoms with Crippen LogP contribution in [0, 0.1) is 13.8 Å². The Morgan fingerprint density at radius 3 is 2.43 bits per heavy atom. The van der Waals surface area contributed by atoms with Crippen molar-refractivity contribution in [2.45, 2.75) is 20.4 Å². The summed E-state index contributed by atoms with van der Waals surface area (Å²) in [5.74, 6) is -0.160. The van der Waals surface area contributed by atoms with Gasteiger partial charge in [0.1, 0.15) is 0 Å². The summed E-state index contributed by atoms with van der Waals surface area (Å²) in [6.45, 7) is 4.43. The Labute approximate surface area is 180 Å². The van der Waals surface area contributed by atoms with Gasteiger partial charge in [0.25, 0.3) is 5.91 Å². The first-order valence-corrected chi connectivity index (χ1v) is 10.00. The van der Waals surface area contributed by atoms with Crippen LogP contribution in [0.2, 0.25) is 5.02 Å². The molecule has 1 amide bonds. The van der Waals surface area contributed by atoms with E-state index < -0.39 is 0 Å². The van der Waals surface area contributed by atoms with Gasteiger partial charge in [-0.15, -0.1) is 0 Å². The fraction of sp³-hybridized carbons (Fsp3) is 0.174. The minimum atomic E-state index is -0.160. The van der Waals surface area contributed by atoms with E-state index in [2.05, 4.69) is 10.2 Å². The molecular weight excluding hydrogens is 398 g/mol. The molecule has 0 saturated heterocycles. The second kappa shape index (κ2) is 8.16. The maximum atomic E-state index is 13.0. The zero-order valence-electron chi connectivity index (χ0n) is 17.1. The molecule has 0 saturated carbocycles. The molecule has 0 fully saturated rings. The molecule has 2 aromatic heterocycles. The first-order valence-electron chi connectivity index (χ1n) is 9.62. The Morgan fingerprint density at radius 2 is 1.70 bits per heavy atom. The Kier molecular flexibility index (Phi) is 5.42. The third-order valence-electron chi connectivity index (χ3n) is 5.09. The molecule has 30 heavy (non-hydrogen) atoms. The highest BCUT2D eigenvalue weighted by Crippen LogP contribution is 2.21. The molecule has 4 aromatic rings. The molecule has 2 heterocycles. The van der Waals surface area contributed by atoms with Gasteiger partial charge in [-0.3, -0.25) is 4.79 Å². The van der Waals surface area contributed by atoms with E-state index in [1.807, 2.05) is 67.1 Å². The lowest BCUT2D eigenvalue weighted by atomic mass is 10.2. The fourth-order valence-corrected chi connectivity index (χ4v) is 3.66. The maximum absolute atomic E-state index is 13.0. The van der Waals surface area contributed by atoms with Crippen LogP contribution in [-0.2, 0) is 6.54 Å². The fourth-order valence-electron chi connectivity index (χ4n) is 3.44. The number of nitrogens with zero attached hydrogens (tertiary/aromatic N) is 5. The zero-order valence-corrected chi connectivity index (χ0v) is 17.8. The van der Waals surface area contributed by atoms with Crippen LogP contribution >= 0.6 is 11.6 Å². The van der Waals surface area contributed by atoms with Crippen LogP contribution in [0.4, 0.5) is 0 Å². The van der Waals surface area contributed by atoms with E-state index in [-0.39, 0.29) is 5.91 Å². The summed E-state index contributed by atoms with van der Waals surface area (Å²) in [4.78, 5) is 14.6. The normalized spacial score (nSPS) is 10.9. The van der Waals surface area contributed by atoms with E-state index in [1.165, 1.54) is 0 Å². The number of halogens is 1. The Balaban J connectivity index is 1.55. The van der Waals surface area contributed by atoms with Crippen molar-refractivity contribution in [3.05, 3.63) is 94.5 Å². The average molecular weight is 420 g/mol. The van der Waals surface area contributed by atoms with Crippen LogP contribution in [0.1, 0.15) is 27.4 Å². The van der Waals surface area contributed by atoms with E-state index in [1.54, 1.807) is 35.0 Å². The number of aryl methyl sites for hydroxylation is 1. The minimum absolute atomic E-state index is 0.160. The predicted octanol–water partition coefficient (Wildman–Crippen LogP) is 4.60. The average Bonchev–Trinajstić information content (AvgIpc) is 3.35. The molecule has 0 aliphatic rings. The number of benzene rings is 2. The highest BCUT2D eigenvalue weighted by Gasteiger charge is 2.20. The monoisotopic (exact) mass is 419 g/mol. The van der Waals surface area contributed by atoms with Crippen LogP contribution in [0.5, 0.6) is 0 Å². The molecule has 0 N–H and O–H groups in total. The minimum Gasteiger partial charge on any atom is -0.336 e. The Bertz CT molecular complexity index is 1200. The molecule has 7 heteroatoms. The van der Waals surface area contributed by atoms with Crippen LogP contribution in [-0.4, -0.2) is 37.4 Å². The van der Waals surface area contributed by atoms with E-state index in [0.717, 1.165) is 28.3 Å². The smallest absolute Gasteiger partial charge is 0.274 e. The zero-order chi connectivity index (χ0) is 21.3. The SMILES string of the molecule is Cc1nn(-c2ccccc2)c(C)c1CN(C)C(=O)c1ccn(-c2ccccc2Cl)n1. The quantitative estimate of drug-likeness (QED) is 0.475. The Morgan fingerprint density at radius 1 is 1.00 bits per heavy atom. The van der Waals surface area contributed by atoms with Gasteiger partial charge in [0.15, 0.2) is 5.69 Å². The van der Waals surface area contributed by atoms with Gasteiger partial charge in [-0.25, -0.2) is 9.36 Å². The first-order chi connectivity index (χ1) is 14.5. The molecular formula is C23H22ClN5O. The number of rotatable bonds is 5. The number of hydrogen-bond acceptors (Lipinski definition) is 3. The van der Waals surface area contributed by atoms with Crippen molar-refractivity contribution in [1.82, 2.24) is 24.5 Å². The number of hydrogen-bond donors (Lipinski definition) is 0. The van der Waals surface area contributed by atoms with Crippen molar-refractivity contribution in [2.24, 2.45) is 0 Å². The van der Waals surface area contributed by atoms with Gasteiger partial charge in [-0.2, -0.15) is 10.2 Å². The van der Waals surface area contributed by atoms with Gasteiger partial charge in [-0.05, 0) is 44.2 Å². The van der Waals surface area contributed by atoms with Crippen LogP contribution in [0.25, 0.3) is 11.4 Å². The molecule has 4 rings (SSSR count). The lowest BCUT2D eigenvalue weighted by Gasteiger charge is -2.16. The first kappa shape index (κ1) is 19.9. The molecule has 0 unspecified atom stereocenters. The van der Waals surface area contributed by atoms with Gasteiger partial charge in [0, 0.05) is 31.0 Å². The molecule has 0 aliphatic heterocycles. The van der Waals surface area contributed by atoms with Gasteiger partial charge in [0.05, 0.1) is 22.1 Å². The summed E-state index contributed by atoms with van der Waals surface area (Å²) in [5, 5.41) is 9.66. The number of para-hydroxylation sites is 2. The van der Waals surface area contributed by atoms with Crippen molar-refractivity contribution >= 4 is 17.5 Å². The van der Waals surface area contributed by atoms with Crippen LogP contribution < -0.4 is 0 Å². The van der Waals surface area contributed by atoms with Crippen molar-refractivity contribution in [1.29, 1.82) is 0 Å². The van der Waals surface area contributed by atoms with Gasteiger partial charge >= 0.3 is 0 Å². The largest absolute Gasteiger partial charge is 0.336 e. The highest BCUT2D eigenvalue weighted by molar-refractivity contribution is 6.32. The number of carbonyl (C=O) groups is 1. The van der Waals surface area contributed by atoms with E-state index in [0.29, 0.717) is 17.3 Å². The third kappa shape index (κ3) is 3.74. The molecule has 0 bridgehead atoms. The van der Waals surface area contributed by atoms with E-state index in [9.17, 15) is 4.79 Å². The maximum Gasteiger partial charge on any atom is 0.274 e. The Hall–Kier alpha value is -3.38. The van der Waals surface area contributed by atoms with E-state index in [4.69, 9.17) is 11.6 Å². The number of carbonyl (C=O) groups excluding carboxylic acids is 1.